The summed E-state index contributed by atoms with van der Waals surface area (Å²) in [5.74, 6) is -0.266. The van der Waals surface area contributed by atoms with Crippen LogP contribution in [0, 0.1) is 0 Å². The Bertz CT molecular complexity index is 1280. The van der Waals surface area contributed by atoms with Crippen LogP contribution in [0.25, 0.3) is 0 Å². The lowest BCUT2D eigenvalue weighted by molar-refractivity contribution is -0.359. The maximum absolute atomic E-state index is 13.2. The maximum Gasteiger partial charge on any atom is 0.220 e. The van der Waals surface area contributed by atoms with Crippen molar-refractivity contribution < 1.29 is 64.6 Å². The van der Waals surface area contributed by atoms with Crippen molar-refractivity contribution in [3.8, 4) is 0 Å². The predicted octanol–water partition coefficient (Wildman–Crippen LogP) is 6.49. The zero-order chi connectivity index (χ0) is 47.5. The lowest BCUT2D eigenvalue weighted by Gasteiger charge is -2.46. The van der Waals surface area contributed by atoms with Crippen molar-refractivity contribution in [1.82, 2.24) is 5.32 Å². The van der Waals surface area contributed by atoms with Crippen molar-refractivity contribution in [2.24, 2.45) is 0 Å². The first-order valence-electron chi connectivity index (χ1n) is 25.4. The Kier molecular flexibility index (Phi) is 34.4. The Labute approximate surface area is 391 Å². The van der Waals surface area contributed by atoms with Crippen LogP contribution >= 0.6 is 0 Å². The monoisotopic (exact) mass is 926 g/mol. The van der Waals surface area contributed by atoms with Gasteiger partial charge in [0.25, 0.3) is 0 Å². The second kappa shape index (κ2) is 37.9. The first kappa shape index (κ1) is 59.1. The molecule has 2 fully saturated rings. The number of nitrogens with one attached hydrogen (secondary N) is 1. The molecule has 12 unspecified atom stereocenters. The van der Waals surface area contributed by atoms with E-state index in [1.165, 1.54) is 83.5 Å². The van der Waals surface area contributed by atoms with Gasteiger partial charge < -0.3 is 65.1 Å². The molecule has 2 saturated heterocycles. The van der Waals surface area contributed by atoms with E-state index < -0.39 is 86.8 Å². The highest BCUT2D eigenvalue weighted by Gasteiger charge is 2.51. The molecule has 2 aliphatic rings. The van der Waals surface area contributed by atoms with Crippen LogP contribution in [0.2, 0.25) is 0 Å². The van der Waals surface area contributed by atoms with E-state index in [1.807, 2.05) is 6.08 Å². The number of ether oxygens (including phenoxy) is 4. The minimum Gasteiger partial charge on any atom is -0.394 e. The highest BCUT2D eigenvalue weighted by atomic mass is 16.7. The van der Waals surface area contributed by atoms with E-state index in [0.29, 0.717) is 12.8 Å². The predicted molar refractivity (Wildman–Crippen MR) is 254 cm³/mol. The lowest BCUT2D eigenvalue weighted by Crippen LogP contribution is -2.65. The summed E-state index contributed by atoms with van der Waals surface area (Å²) in [5, 5.41) is 86.7. The van der Waals surface area contributed by atoms with Gasteiger partial charge in [0, 0.05) is 6.42 Å². The molecule has 0 aromatic rings. The minimum absolute atomic E-state index is 0.256. The fourth-order valence-electron chi connectivity index (χ4n) is 8.04. The van der Waals surface area contributed by atoms with Crippen molar-refractivity contribution in [3.63, 3.8) is 0 Å². The number of allylic oxidation sites excluding steroid dienone is 7. The SMILES string of the molecule is CCCCCC/C=C\C/C=C\CCCCCCCC(=O)NC(COC1OC(CO)C(OC2OC(CO)C(O)C(O)C2O)C(O)C1O)C(O)/C=C/CC/C=C/CCCCCCCCCCC. The first-order chi connectivity index (χ1) is 31.6. The largest absolute Gasteiger partial charge is 0.394 e. The van der Waals surface area contributed by atoms with Crippen LogP contribution in [0.15, 0.2) is 48.6 Å². The van der Waals surface area contributed by atoms with Gasteiger partial charge in [0.15, 0.2) is 12.6 Å². The van der Waals surface area contributed by atoms with Crippen molar-refractivity contribution >= 4 is 5.91 Å². The van der Waals surface area contributed by atoms with Gasteiger partial charge in [0.2, 0.25) is 5.91 Å². The Morgan fingerprint density at radius 2 is 1.03 bits per heavy atom. The lowest BCUT2D eigenvalue weighted by atomic mass is 9.97. The molecule has 378 valence electrons. The smallest absolute Gasteiger partial charge is 0.220 e. The number of rotatable bonds is 38. The van der Waals surface area contributed by atoms with Gasteiger partial charge in [0.1, 0.15) is 48.8 Å². The summed E-state index contributed by atoms with van der Waals surface area (Å²) in [6.45, 7) is 2.72. The zero-order valence-electron chi connectivity index (χ0n) is 40.0. The normalized spacial score (nSPS) is 27.4. The topological polar surface area (TPSA) is 228 Å². The third kappa shape index (κ3) is 25.2. The summed E-state index contributed by atoms with van der Waals surface area (Å²) >= 11 is 0. The maximum atomic E-state index is 13.2. The van der Waals surface area contributed by atoms with E-state index in [2.05, 4.69) is 55.6 Å². The van der Waals surface area contributed by atoms with Crippen molar-refractivity contribution in [2.75, 3.05) is 19.8 Å². The van der Waals surface area contributed by atoms with E-state index in [0.717, 1.165) is 57.8 Å². The fraction of sp³-hybridized carbons (Fsp3) is 0.824. The van der Waals surface area contributed by atoms with E-state index in [-0.39, 0.29) is 18.9 Å². The van der Waals surface area contributed by atoms with Crippen LogP contribution < -0.4 is 5.32 Å². The summed E-state index contributed by atoms with van der Waals surface area (Å²) in [4.78, 5) is 13.2. The highest BCUT2D eigenvalue weighted by molar-refractivity contribution is 5.76. The second-order valence-electron chi connectivity index (χ2n) is 17.9. The van der Waals surface area contributed by atoms with Gasteiger partial charge in [-0.3, -0.25) is 4.79 Å². The van der Waals surface area contributed by atoms with E-state index in [9.17, 15) is 45.6 Å². The average molecular weight is 926 g/mol. The van der Waals surface area contributed by atoms with E-state index in [1.54, 1.807) is 6.08 Å². The molecule has 9 N–H and O–H groups in total. The van der Waals surface area contributed by atoms with Gasteiger partial charge in [-0.2, -0.15) is 0 Å². The number of amides is 1. The Hall–Kier alpha value is -2.05. The van der Waals surface area contributed by atoms with E-state index >= 15 is 0 Å². The van der Waals surface area contributed by atoms with Gasteiger partial charge in [-0.05, 0) is 64.2 Å². The summed E-state index contributed by atoms with van der Waals surface area (Å²) < 4.78 is 22.7. The van der Waals surface area contributed by atoms with Gasteiger partial charge in [-0.25, -0.2) is 0 Å². The average Bonchev–Trinajstić information content (AvgIpc) is 3.30. The molecule has 2 heterocycles. The summed E-state index contributed by atoms with van der Waals surface area (Å²) in [7, 11) is 0. The molecule has 14 nitrogen and oxygen atoms in total. The molecule has 2 rings (SSSR count). The minimum atomic E-state index is -1.79. The van der Waals surface area contributed by atoms with Gasteiger partial charge in [0.05, 0.1) is 32.0 Å². The van der Waals surface area contributed by atoms with Gasteiger partial charge in [-0.15, -0.1) is 0 Å². The summed E-state index contributed by atoms with van der Waals surface area (Å²) in [6.07, 6.45) is 27.2. The quantitative estimate of drug-likeness (QED) is 0.0239. The summed E-state index contributed by atoms with van der Waals surface area (Å²) in [6, 6.07) is -0.938. The number of hydrogen-bond acceptors (Lipinski definition) is 13. The van der Waals surface area contributed by atoms with Crippen LogP contribution in [0.5, 0.6) is 0 Å². The number of carbonyl (C=O) groups is 1. The number of aliphatic hydroxyl groups excluding tert-OH is 8. The number of hydrogen-bond donors (Lipinski definition) is 9. The molecular formula is C51H91NO13. The summed E-state index contributed by atoms with van der Waals surface area (Å²) in [5.41, 5.74) is 0. The Balaban J connectivity index is 1.88. The fourth-order valence-corrected chi connectivity index (χ4v) is 8.04. The van der Waals surface area contributed by atoms with Crippen LogP contribution in [0.4, 0.5) is 0 Å². The molecule has 0 aliphatic carbocycles. The Morgan fingerprint density at radius 3 is 1.62 bits per heavy atom. The molecule has 0 saturated carbocycles. The molecule has 0 spiro atoms. The molecule has 12 atom stereocenters. The number of carbonyl (C=O) groups excluding carboxylic acids is 1. The van der Waals surface area contributed by atoms with Crippen molar-refractivity contribution in [2.45, 2.75) is 248 Å². The third-order valence-electron chi connectivity index (χ3n) is 12.2. The van der Waals surface area contributed by atoms with Crippen LogP contribution in [0.3, 0.4) is 0 Å². The molecule has 65 heavy (non-hydrogen) atoms. The molecule has 0 radical (unpaired) electrons. The molecular weight excluding hydrogens is 835 g/mol. The van der Waals surface area contributed by atoms with Crippen LogP contribution in [0.1, 0.15) is 174 Å². The number of unbranched alkanes of at least 4 members (excludes halogenated alkanes) is 19. The standard InChI is InChI=1S/C51H91NO13/c1-3-5-7-9-11-13-15-17-19-21-23-25-27-29-31-33-35-43(56)52-39(40(55)34-32-30-28-26-24-22-20-18-16-14-12-10-8-6-4-2)38-62-50-48(61)46(59)49(42(37-54)64-50)65-51-47(60)45(58)44(57)41(36-53)63-51/h13,15,19,21,24,26,32,34,39-42,44-51,53-55,57-61H,3-12,14,16-18,20,22-23,25,27-31,33,35-38H2,1-2H3,(H,52,56)/b15-13-,21-19-,26-24+,34-32+. The molecule has 14 heteroatoms. The van der Waals surface area contributed by atoms with E-state index in [4.69, 9.17) is 18.9 Å². The molecule has 0 aromatic heterocycles. The number of aliphatic hydroxyl groups is 8. The van der Waals surface area contributed by atoms with Crippen LogP contribution in [-0.2, 0) is 23.7 Å². The van der Waals surface area contributed by atoms with Gasteiger partial charge in [-0.1, -0.05) is 152 Å². The second-order valence-corrected chi connectivity index (χ2v) is 17.9. The first-order valence-corrected chi connectivity index (χ1v) is 25.4. The van der Waals surface area contributed by atoms with Crippen LogP contribution in [-0.4, -0.2) is 140 Å². The molecule has 0 bridgehead atoms. The molecule has 2 aliphatic heterocycles. The van der Waals surface area contributed by atoms with Gasteiger partial charge >= 0.3 is 0 Å². The molecule has 1 amide bonds. The van der Waals surface area contributed by atoms with Crippen molar-refractivity contribution in [3.05, 3.63) is 48.6 Å². The Morgan fingerprint density at radius 1 is 0.554 bits per heavy atom. The highest BCUT2D eigenvalue weighted by Crippen LogP contribution is 2.30. The zero-order valence-corrected chi connectivity index (χ0v) is 40.0. The van der Waals surface area contributed by atoms with Crippen molar-refractivity contribution in [1.29, 1.82) is 0 Å². The molecule has 0 aromatic carbocycles. The third-order valence-corrected chi connectivity index (χ3v) is 12.2.